The van der Waals surface area contributed by atoms with E-state index in [4.69, 9.17) is 0 Å². The summed E-state index contributed by atoms with van der Waals surface area (Å²) in [6.45, 7) is 0. The molecular formula is C42H49B21. The zero-order valence-electron chi connectivity index (χ0n) is 42.5. The predicted molar refractivity (Wildman–Crippen MR) is 352 cm³/mol. The quantitative estimate of drug-likeness (QED) is 0.123. The lowest BCUT2D eigenvalue weighted by atomic mass is 9.54. The largest absolute Gasteiger partial charge is 0.139 e. The van der Waals surface area contributed by atoms with Crippen molar-refractivity contribution in [1.82, 2.24) is 0 Å². The molecule has 0 bridgehead atoms. The standard InChI is InChI=1S/C42H49B21/c43-22-13-11(10-6-5-8-3-1-2-4-9(8)7-10)14-16(25(46)39(60)37(58)23(14)44)12(15(13)24(45)38(59)36(22)57)17-26(47)28(49)18(29(50)27(17)48)19-30(51)32(53)20(33(54)31(19)52)21-34(55)40(61)42(63)41(62)35(21)56/h1-7H,43-63H2. The van der Waals surface area contributed by atoms with E-state index in [1.807, 2.05) is 0 Å². The van der Waals surface area contributed by atoms with Crippen molar-refractivity contribution in [3.8, 4) is 44.5 Å². The number of hydrogen-bond acceptors (Lipinski definition) is 0. The SMILES string of the molecule is Bc1c(B)c(B)c(-c2c(B)c(B)c(-c3c(B)c(B)c(-c4c5c(B)c(B)c(B)c(B)c5c(-c5ccc6ccccc6c5)c5c(B)c(B)c(B)c(B)c45)c(B)c3B)c(B)c2B)c(B)c1B. The van der Waals surface area contributed by atoms with E-state index in [1.165, 1.54) is 192 Å². The van der Waals surface area contributed by atoms with Crippen molar-refractivity contribution < 1.29 is 0 Å². The molecule has 0 aliphatic rings. The van der Waals surface area contributed by atoms with Gasteiger partial charge >= 0.3 is 0 Å². The van der Waals surface area contributed by atoms with Crippen LogP contribution in [0.15, 0.2) is 42.5 Å². The highest BCUT2D eigenvalue weighted by Crippen LogP contribution is 2.40. The molecule has 0 spiro atoms. The lowest BCUT2D eigenvalue weighted by molar-refractivity contribution is 1.73. The molecule has 0 amide bonds. The van der Waals surface area contributed by atoms with Crippen molar-refractivity contribution in [1.29, 1.82) is 0 Å². The molecule has 21 heteroatoms. The minimum absolute atomic E-state index is 1.28. The third-order valence-electron chi connectivity index (χ3n) is 17.4. The van der Waals surface area contributed by atoms with Crippen molar-refractivity contribution in [3.05, 3.63) is 42.5 Å². The normalized spacial score (nSPS) is 11.6. The Labute approximate surface area is 396 Å². The molecule has 0 atom stereocenters. The van der Waals surface area contributed by atoms with E-state index in [1.54, 1.807) is 0 Å². The Kier molecular flexibility index (Phi) is 11.6. The maximum Gasteiger partial charge on any atom is 0.139 e. The Hall–Kier alpha value is -4.10. The molecule has 0 saturated carbocycles. The van der Waals surface area contributed by atoms with Crippen molar-refractivity contribution in [2.24, 2.45) is 0 Å². The molecule has 0 fully saturated rings. The molecule has 0 saturated heterocycles. The van der Waals surface area contributed by atoms with E-state index in [-0.39, 0.29) is 0 Å². The van der Waals surface area contributed by atoms with Crippen LogP contribution >= 0.6 is 0 Å². The topological polar surface area (TPSA) is 0 Å². The smallest absolute Gasteiger partial charge is 0.102 e. The van der Waals surface area contributed by atoms with Gasteiger partial charge in [-0.1, -0.05) is 113 Å². The van der Waals surface area contributed by atoms with Crippen LogP contribution in [0.5, 0.6) is 0 Å². The summed E-state index contributed by atoms with van der Waals surface area (Å²) in [6.07, 6.45) is 0. The number of fused-ring (bicyclic) bond motifs is 3. The van der Waals surface area contributed by atoms with E-state index in [0.717, 1.165) is 0 Å². The highest BCUT2D eigenvalue weighted by molar-refractivity contribution is 6.75. The zero-order valence-corrected chi connectivity index (χ0v) is 42.5. The summed E-state index contributed by atoms with van der Waals surface area (Å²) in [5.41, 5.74) is 40.5. The van der Waals surface area contributed by atoms with E-state index in [2.05, 4.69) is 207 Å². The van der Waals surface area contributed by atoms with Gasteiger partial charge in [-0.25, -0.2) is 0 Å². The highest BCUT2D eigenvalue weighted by atomic mass is 14.3. The van der Waals surface area contributed by atoms with Gasteiger partial charge in [0.05, 0.1) is 0 Å². The molecule has 0 aliphatic carbocycles. The maximum atomic E-state index is 2.44. The first-order valence-electron chi connectivity index (χ1n) is 23.3. The first-order chi connectivity index (χ1) is 29.6. The van der Waals surface area contributed by atoms with Crippen LogP contribution < -0.4 is 115 Å². The van der Waals surface area contributed by atoms with Gasteiger partial charge in [-0.15, -0.1) is 38.2 Å². The summed E-state index contributed by atoms with van der Waals surface area (Å²) in [5, 5.41) is 8.18. The lowest BCUT2D eigenvalue weighted by Gasteiger charge is -2.32. The van der Waals surface area contributed by atoms with Crippen LogP contribution in [-0.4, -0.2) is 165 Å². The lowest BCUT2D eigenvalue weighted by Crippen LogP contribution is -2.57. The molecule has 0 nitrogen and oxygen atoms in total. The number of benzene rings is 8. The van der Waals surface area contributed by atoms with Crippen LogP contribution in [0.2, 0.25) is 0 Å². The number of hydrogen-bond donors (Lipinski definition) is 0. The van der Waals surface area contributed by atoms with Gasteiger partial charge in [-0.05, 0) is 82.9 Å². The van der Waals surface area contributed by atoms with Crippen LogP contribution in [0.25, 0.3) is 76.8 Å². The molecule has 0 N–H and O–H groups in total. The van der Waals surface area contributed by atoms with Crippen LogP contribution in [-0.2, 0) is 0 Å². The van der Waals surface area contributed by atoms with Gasteiger partial charge in [0.1, 0.15) is 165 Å². The molecule has 8 aromatic carbocycles. The molecule has 0 aliphatic heterocycles. The molecule has 63 heavy (non-hydrogen) atoms. The van der Waals surface area contributed by atoms with Crippen molar-refractivity contribution in [3.63, 3.8) is 0 Å². The molecule has 0 unspecified atom stereocenters. The predicted octanol–water partition coefficient (Wildman–Crippen LogP) is -24.8. The third kappa shape index (κ3) is 6.42. The van der Waals surface area contributed by atoms with E-state index < -0.39 is 0 Å². The van der Waals surface area contributed by atoms with E-state index >= 15 is 0 Å². The van der Waals surface area contributed by atoms with Crippen LogP contribution in [0.1, 0.15) is 0 Å². The Morgan fingerprint density at radius 1 is 0.190 bits per heavy atom. The van der Waals surface area contributed by atoms with Crippen molar-refractivity contribution in [2.45, 2.75) is 0 Å². The van der Waals surface area contributed by atoms with Gasteiger partial charge in [0.15, 0.2) is 0 Å². The van der Waals surface area contributed by atoms with Crippen molar-refractivity contribution >= 4 is 312 Å². The Morgan fingerprint density at radius 2 is 0.429 bits per heavy atom. The summed E-state index contributed by atoms with van der Waals surface area (Å²) in [4.78, 5) is 0. The monoisotopic (exact) mass is 785 g/mol. The molecule has 0 aromatic heterocycles. The van der Waals surface area contributed by atoms with Crippen LogP contribution in [0.3, 0.4) is 0 Å². The van der Waals surface area contributed by atoms with Gasteiger partial charge in [-0.2, -0.15) is 0 Å². The Bertz CT molecular complexity index is 3240. The van der Waals surface area contributed by atoms with Crippen LogP contribution in [0.4, 0.5) is 0 Å². The second kappa shape index (κ2) is 16.1. The van der Waals surface area contributed by atoms with Gasteiger partial charge in [0.25, 0.3) is 0 Å². The third-order valence-corrected chi connectivity index (χ3v) is 17.4. The van der Waals surface area contributed by atoms with Crippen LogP contribution in [0, 0.1) is 0 Å². The first-order valence-corrected chi connectivity index (χ1v) is 23.3. The Balaban J connectivity index is 1.54. The average molecular weight is 781 g/mol. The molecular weight excluding hydrogens is 732 g/mol. The molecule has 8 rings (SSSR count). The second-order valence-electron chi connectivity index (χ2n) is 19.8. The minimum atomic E-state index is 1.28. The first kappa shape index (κ1) is 45.5. The highest BCUT2D eigenvalue weighted by Gasteiger charge is 2.29. The second-order valence-corrected chi connectivity index (χ2v) is 19.8. The fraction of sp³-hybridized carbons (Fsp3) is 0. The summed E-state index contributed by atoms with van der Waals surface area (Å²) >= 11 is 0. The van der Waals surface area contributed by atoms with Gasteiger partial charge < -0.3 is 0 Å². The van der Waals surface area contributed by atoms with Gasteiger partial charge in [0.2, 0.25) is 0 Å². The average Bonchev–Trinajstić information content (AvgIpc) is 3.27. The fourth-order valence-electron chi connectivity index (χ4n) is 12.0. The fourth-order valence-corrected chi connectivity index (χ4v) is 12.0. The van der Waals surface area contributed by atoms with E-state index in [0.29, 0.717) is 0 Å². The molecule has 0 radical (unpaired) electrons. The summed E-state index contributed by atoms with van der Waals surface area (Å²) in [5.74, 6) is 0. The minimum Gasteiger partial charge on any atom is -0.102 e. The summed E-state index contributed by atoms with van der Waals surface area (Å²) < 4.78 is 0. The molecule has 280 valence electrons. The summed E-state index contributed by atoms with van der Waals surface area (Å²) in [7, 11) is 49.7. The Morgan fingerprint density at radius 3 is 0.762 bits per heavy atom. The zero-order chi connectivity index (χ0) is 46.2. The van der Waals surface area contributed by atoms with Gasteiger partial charge in [0, 0.05) is 0 Å². The summed E-state index contributed by atoms with van der Waals surface area (Å²) in [6, 6.07) is 16.0. The maximum absolute atomic E-state index is 2.44. The molecule has 0 heterocycles. The molecule has 8 aromatic rings. The van der Waals surface area contributed by atoms with Gasteiger partial charge in [-0.3, -0.25) is 0 Å². The van der Waals surface area contributed by atoms with E-state index in [9.17, 15) is 0 Å². The number of rotatable bonds is 4. The van der Waals surface area contributed by atoms with Crippen molar-refractivity contribution in [2.75, 3.05) is 0 Å².